The maximum atomic E-state index is 13.1. The van der Waals surface area contributed by atoms with Crippen LogP contribution in [-0.2, 0) is 4.79 Å². The highest BCUT2D eigenvalue weighted by Crippen LogP contribution is 2.18. The van der Waals surface area contributed by atoms with Crippen LogP contribution in [0.25, 0.3) is 0 Å². The van der Waals surface area contributed by atoms with E-state index in [-0.39, 0.29) is 17.3 Å². The minimum absolute atomic E-state index is 0.195. The van der Waals surface area contributed by atoms with Crippen LogP contribution >= 0.6 is 0 Å². The molecule has 0 aromatic heterocycles. The van der Waals surface area contributed by atoms with Crippen molar-refractivity contribution in [3.8, 4) is 6.07 Å². The molecule has 1 aromatic rings. The highest BCUT2D eigenvalue weighted by Gasteiger charge is 2.24. The van der Waals surface area contributed by atoms with Crippen LogP contribution in [0.15, 0.2) is 36.0 Å². The first-order valence-electron chi connectivity index (χ1n) is 10.2. The number of carbonyl (C=O) groups excluding carboxylic acids is 1. The van der Waals surface area contributed by atoms with Crippen molar-refractivity contribution in [2.24, 2.45) is 0 Å². The summed E-state index contributed by atoms with van der Waals surface area (Å²) in [5, 5.41) is 9.54. The standard InChI is InChI=1S/C22H31FN4O/c1-3-5-11-25(12-6-4-2)18-19(17-24)22(28)27-15-13-26(14-16-27)21-9-7-20(23)8-10-21/h7-10,18H,3-6,11-16H2,1-2H3/b19-18-. The summed E-state index contributed by atoms with van der Waals surface area (Å²) in [6.07, 6.45) is 6.00. The number of piperazine rings is 1. The van der Waals surface area contributed by atoms with Gasteiger partial charge in [-0.2, -0.15) is 5.26 Å². The average molecular weight is 387 g/mol. The number of hydrogen-bond donors (Lipinski definition) is 0. The van der Waals surface area contributed by atoms with Crippen molar-refractivity contribution in [2.45, 2.75) is 39.5 Å². The molecular formula is C22H31FN4O. The van der Waals surface area contributed by atoms with Crippen LogP contribution in [-0.4, -0.2) is 55.0 Å². The molecule has 0 saturated carbocycles. The number of amides is 1. The minimum atomic E-state index is -0.253. The van der Waals surface area contributed by atoms with Gasteiger partial charge in [-0.1, -0.05) is 26.7 Å². The summed E-state index contributed by atoms with van der Waals surface area (Å²) < 4.78 is 13.1. The van der Waals surface area contributed by atoms with Crippen molar-refractivity contribution < 1.29 is 9.18 Å². The predicted octanol–water partition coefficient (Wildman–Crippen LogP) is 3.78. The van der Waals surface area contributed by atoms with Crippen molar-refractivity contribution in [3.05, 3.63) is 41.9 Å². The van der Waals surface area contributed by atoms with Crippen LogP contribution in [0.5, 0.6) is 0 Å². The lowest BCUT2D eigenvalue weighted by Crippen LogP contribution is -2.49. The third-order valence-electron chi connectivity index (χ3n) is 5.02. The molecule has 0 unspecified atom stereocenters. The predicted molar refractivity (Wildman–Crippen MR) is 110 cm³/mol. The van der Waals surface area contributed by atoms with Gasteiger partial charge in [-0.05, 0) is 37.1 Å². The smallest absolute Gasteiger partial charge is 0.266 e. The molecule has 1 aliphatic rings. The summed E-state index contributed by atoms with van der Waals surface area (Å²) in [7, 11) is 0. The Morgan fingerprint density at radius 2 is 1.68 bits per heavy atom. The quantitative estimate of drug-likeness (QED) is 0.479. The molecule has 0 atom stereocenters. The zero-order chi connectivity index (χ0) is 20.4. The van der Waals surface area contributed by atoms with Crippen molar-refractivity contribution >= 4 is 11.6 Å². The Bertz CT molecular complexity index is 679. The molecule has 0 N–H and O–H groups in total. The lowest BCUT2D eigenvalue weighted by atomic mass is 10.2. The molecule has 1 heterocycles. The van der Waals surface area contributed by atoms with Gasteiger partial charge in [-0.15, -0.1) is 0 Å². The summed E-state index contributed by atoms with van der Waals surface area (Å²) in [6, 6.07) is 8.52. The Balaban J connectivity index is 1.98. The molecule has 0 radical (unpaired) electrons. The molecule has 6 heteroatoms. The topological polar surface area (TPSA) is 50.6 Å². The maximum Gasteiger partial charge on any atom is 0.266 e. The first-order chi connectivity index (χ1) is 13.6. The highest BCUT2D eigenvalue weighted by molar-refractivity contribution is 5.97. The van der Waals surface area contributed by atoms with E-state index in [0.717, 1.165) is 44.5 Å². The second kappa shape index (κ2) is 11.3. The van der Waals surface area contributed by atoms with Crippen LogP contribution in [0.2, 0.25) is 0 Å². The maximum absolute atomic E-state index is 13.1. The molecule has 152 valence electrons. The number of halogens is 1. The van der Waals surface area contributed by atoms with Gasteiger partial charge in [0.2, 0.25) is 0 Å². The SMILES string of the molecule is CCCCN(/C=C(/C#N)C(=O)N1CCN(c2ccc(F)cc2)CC1)CCCC. The van der Waals surface area contributed by atoms with E-state index in [1.165, 1.54) is 12.1 Å². The Hall–Kier alpha value is -2.55. The zero-order valence-electron chi connectivity index (χ0n) is 17.0. The highest BCUT2D eigenvalue weighted by atomic mass is 19.1. The van der Waals surface area contributed by atoms with Crippen LogP contribution in [0.3, 0.4) is 0 Å². The lowest BCUT2D eigenvalue weighted by Gasteiger charge is -2.36. The summed E-state index contributed by atoms with van der Waals surface area (Å²) in [5.74, 6) is -0.448. The Kier molecular flexibility index (Phi) is 8.80. The molecule has 2 rings (SSSR count). The number of nitriles is 1. The fraction of sp³-hybridized carbons (Fsp3) is 0.545. The van der Waals surface area contributed by atoms with Crippen LogP contribution < -0.4 is 4.90 Å². The normalized spacial score (nSPS) is 14.7. The molecule has 5 nitrogen and oxygen atoms in total. The van der Waals surface area contributed by atoms with Gasteiger partial charge < -0.3 is 14.7 Å². The summed E-state index contributed by atoms with van der Waals surface area (Å²) in [5.41, 5.74) is 1.16. The van der Waals surface area contributed by atoms with E-state index >= 15 is 0 Å². The van der Waals surface area contributed by atoms with E-state index < -0.39 is 0 Å². The van der Waals surface area contributed by atoms with E-state index in [1.54, 1.807) is 23.2 Å². The minimum Gasteiger partial charge on any atom is -0.376 e. The van der Waals surface area contributed by atoms with Crippen molar-refractivity contribution in [2.75, 3.05) is 44.2 Å². The number of rotatable bonds is 9. The van der Waals surface area contributed by atoms with Gasteiger partial charge in [-0.25, -0.2) is 4.39 Å². The number of anilines is 1. The van der Waals surface area contributed by atoms with Crippen LogP contribution in [0.4, 0.5) is 10.1 Å². The number of unbranched alkanes of at least 4 members (excludes halogenated alkanes) is 2. The largest absolute Gasteiger partial charge is 0.376 e. The monoisotopic (exact) mass is 386 g/mol. The first kappa shape index (κ1) is 21.7. The van der Waals surface area contributed by atoms with Gasteiger partial charge in [0.1, 0.15) is 17.5 Å². The van der Waals surface area contributed by atoms with E-state index in [0.29, 0.717) is 26.2 Å². The Labute approximate surface area is 168 Å². The second-order valence-corrected chi connectivity index (χ2v) is 7.15. The molecule has 1 aliphatic heterocycles. The van der Waals surface area contributed by atoms with Crippen molar-refractivity contribution in [1.29, 1.82) is 5.26 Å². The van der Waals surface area contributed by atoms with Crippen molar-refractivity contribution in [1.82, 2.24) is 9.80 Å². The fourth-order valence-corrected chi connectivity index (χ4v) is 3.27. The molecule has 0 bridgehead atoms. The van der Waals surface area contributed by atoms with Crippen LogP contribution in [0, 0.1) is 17.1 Å². The van der Waals surface area contributed by atoms with Gasteiger partial charge in [0.15, 0.2) is 0 Å². The zero-order valence-corrected chi connectivity index (χ0v) is 17.0. The first-order valence-corrected chi connectivity index (χ1v) is 10.2. The average Bonchev–Trinajstić information content (AvgIpc) is 2.73. The summed E-state index contributed by atoms with van der Waals surface area (Å²) >= 11 is 0. The van der Waals surface area contributed by atoms with Gasteiger partial charge >= 0.3 is 0 Å². The summed E-state index contributed by atoms with van der Waals surface area (Å²) in [6.45, 7) is 8.47. The van der Waals surface area contributed by atoms with E-state index in [9.17, 15) is 14.4 Å². The fourth-order valence-electron chi connectivity index (χ4n) is 3.27. The summed E-state index contributed by atoms with van der Waals surface area (Å²) in [4.78, 5) is 18.8. The van der Waals surface area contributed by atoms with E-state index in [1.807, 2.05) is 0 Å². The number of carbonyl (C=O) groups is 1. The number of hydrogen-bond acceptors (Lipinski definition) is 4. The lowest BCUT2D eigenvalue weighted by molar-refractivity contribution is -0.127. The molecule has 1 aromatic carbocycles. The van der Waals surface area contributed by atoms with Gasteiger partial charge in [0.25, 0.3) is 5.91 Å². The van der Waals surface area contributed by atoms with Gasteiger partial charge in [0, 0.05) is 51.2 Å². The molecule has 0 aliphatic carbocycles. The molecular weight excluding hydrogens is 355 g/mol. The van der Waals surface area contributed by atoms with Gasteiger partial charge in [-0.3, -0.25) is 4.79 Å². The molecule has 1 saturated heterocycles. The molecule has 1 fully saturated rings. The number of nitrogens with zero attached hydrogens (tertiary/aromatic N) is 4. The van der Waals surface area contributed by atoms with Crippen LogP contribution in [0.1, 0.15) is 39.5 Å². The number of benzene rings is 1. The van der Waals surface area contributed by atoms with E-state index in [2.05, 4.69) is 29.7 Å². The Morgan fingerprint density at radius 1 is 1.11 bits per heavy atom. The third kappa shape index (κ3) is 6.26. The van der Waals surface area contributed by atoms with E-state index in [4.69, 9.17) is 0 Å². The Morgan fingerprint density at radius 3 is 2.18 bits per heavy atom. The second-order valence-electron chi connectivity index (χ2n) is 7.15. The third-order valence-corrected chi connectivity index (χ3v) is 5.02. The van der Waals surface area contributed by atoms with Gasteiger partial charge in [0.05, 0.1) is 0 Å². The molecule has 1 amide bonds. The molecule has 0 spiro atoms. The molecule has 28 heavy (non-hydrogen) atoms. The van der Waals surface area contributed by atoms with Crippen molar-refractivity contribution in [3.63, 3.8) is 0 Å².